The van der Waals surface area contributed by atoms with Crippen molar-refractivity contribution >= 4 is 27.3 Å². The Balaban J connectivity index is 1.90. The molecule has 0 spiro atoms. The average Bonchev–Trinajstić information content (AvgIpc) is 3.17. The zero-order chi connectivity index (χ0) is 19.5. The van der Waals surface area contributed by atoms with Gasteiger partial charge in [0.25, 0.3) is 0 Å². The maximum Gasteiger partial charge on any atom is 0.145 e. The second-order valence-electron chi connectivity index (χ2n) is 8.70. The van der Waals surface area contributed by atoms with Crippen LogP contribution >= 0.6 is 0 Å². The summed E-state index contributed by atoms with van der Waals surface area (Å²) in [4.78, 5) is 4.66. The van der Waals surface area contributed by atoms with E-state index >= 15 is 0 Å². The summed E-state index contributed by atoms with van der Waals surface area (Å²) >= 11 is 0. The molecule has 2 heterocycles. The van der Waals surface area contributed by atoms with Crippen molar-refractivity contribution < 1.29 is 0 Å². The Morgan fingerprint density at radius 1 is 0.821 bits per heavy atom. The van der Waals surface area contributed by atoms with Gasteiger partial charge in [-0.3, -0.25) is 4.40 Å². The molecule has 0 aliphatic rings. The van der Waals surface area contributed by atoms with Crippen LogP contribution in [-0.4, -0.2) is 9.38 Å². The third kappa shape index (κ3) is 2.52. The summed E-state index contributed by atoms with van der Waals surface area (Å²) in [7, 11) is 0. The lowest BCUT2D eigenvalue weighted by Crippen LogP contribution is -2.10. The molecule has 5 aromatic rings. The second-order valence-corrected chi connectivity index (χ2v) is 8.70. The lowest BCUT2D eigenvalue weighted by atomic mass is 9.86. The van der Waals surface area contributed by atoms with Crippen LogP contribution in [0.2, 0.25) is 0 Å². The zero-order valence-corrected chi connectivity index (χ0v) is 16.8. The van der Waals surface area contributed by atoms with Gasteiger partial charge in [-0.25, -0.2) is 4.98 Å². The van der Waals surface area contributed by atoms with Crippen molar-refractivity contribution in [3.8, 4) is 11.1 Å². The fraction of sp³-hybridized carbons (Fsp3) is 0.192. The van der Waals surface area contributed by atoms with Crippen LogP contribution in [0, 0.1) is 6.92 Å². The van der Waals surface area contributed by atoms with Crippen molar-refractivity contribution in [1.82, 2.24) is 9.38 Å². The molecule has 0 aliphatic carbocycles. The van der Waals surface area contributed by atoms with Gasteiger partial charge in [-0.05, 0) is 46.5 Å². The molecule has 0 N–H and O–H groups in total. The first-order valence-electron chi connectivity index (χ1n) is 9.82. The highest BCUT2D eigenvalue weighted by Crippen LogP contribution is 2.36. The molecule has 138 valence electrons. The number of aromatic nitrogens is 2. The molecule has 0 saturated carbocycles. The maximum atomic E-state index is 4.66. The van der Waals surface area contributed by atoms with E-state index in [2.05, 4.69) is 104 Å². The monoisotopic (exact) mass is 364 g/mol. The van der Waals surface area contributed by atoms with Gasteiger partial charge in [0.15, 0.2) is 0 Å². The van der Waals surface area contributed by atoms with E-state index in [0.717, 1.165) is 5.65 Å². The highest BCUT2D eigenvalue weighted by Gasteiger charge is 2.16. The minimum atomic E-state index is 0.154. The Labute approximate surface area is 165 Å². The largest absolute Gasteiger partial charge is 0.299 e. The molecule has 0 atom stereocenters. The summed E-state index contributed by atoms with van der Waals surface area (Å²) < 4.78 is 2.24. The van der Waals surface area contributed by atoms with Crippen molar-refractivity contribution in [2.45, 2.75) is 33.1 Å². The van der Waals surface area contributed by atoms with Gasteiger partial charge in [-0.1, -0.05) is 69.3 Å². The van der Waals surface area contributed by atoms with Crippen LogP contribution in [0.15, 0.2) is 73.1 Å². The van der Waals surface area contributed by atoms with Crippen molar-refractivity contribution in [1.29, 1.82) is 0 Å². The van der Waals surface area contributed by atoms with Crippen LogP contribution in [0.4, 0.5) is 0 Å². The third-order valence-corrected chi connectivity index (χ3v) is 5.66. The van der Waals surface area contributed by atoms with Crippen LogP contribution in [0.1, 0.15) is 31.9 Å². The fourth-order valence-corrected chi connectivity index (χ4v) is 4.21. The molecule has 0 unspecified atom stereocenters. The molecule has 2 aromatic heterocycles. The number of fused-ring (bicyclic) bond motifs is 6. The van der Waals surface area contributed by atoms with Gasteiger partial charge >= 0.3 is 0 Å². The fourth-order valence-electron chi connectivity index (χ4n) is 4.21. The van der Waals surface area contributed by atoms with Crippen LogP contribution in [0.5, 0.6) is 0 Å². The summed E-state index contributed by atoms with van der Waals surface area (Å²) in [5.74, 6) is 0. The molecule has 0 bridgehead atoms. The van der Waals surface area contributed by atoms with E-state index in [0.29, 0.717) is 0 Å². The van der Waals surface area contributed by atoms with Gasteiger partial charge in [-0.15, -0.1) is 0 Å². The molecule has 28 heavy (non-hydrogen) atoms. The van der Waals surface area contributed by atoms with E-state index in [-0.39, 0.29) is 5.41 Å². The molecule has 0 radical (unpaired) electrons. The Hall–Kier alpha value is -3.13. The highest BCUT2D eigenvalue weighted by molar-refractivity contribution is 6.15. The number of aryl methyl sites for hydroxylation is 1. The molecular formula is C26H24N2. The Bertz CT molecular complexity index is 1330. The number of hydrogen-bond acceptors (Lipinski definition) is 1. The first-order chi connectivity index (χ1) is 13.4. The molecule has 0 amide bonds. The van der Waals surface area contributed by atoms with Crippen molar-refractivity contribution in [2.24, 2.45) is 0 Å². The van der Waals surface area contributed by atoms with Gasteiger partial charge < -0.3 is 0 Å². The van der Waals surface area contributed by atoms with Crippen molar-refractivity contribution in [2.75, 3.05) is 0 Å². The lowest BCUT2D eigenvalue weighted by molar-refractivity contribution is 0.590. The van der Waals surface area contributed by atoms with Crippen LogP contribution in [0.3, 0.4) is 0 Å². The number of hydrogen-bond donors (Lipinski definition) is 0. The molecule has 0 saturated heterocycles. The Kier molecular flexibility index (Phi) is 3.60. The van der Waals surface area contributed by atoms with Gasteiger partial charge in [0.05, 0.1) is 5.52 Å². The number of imidazole rings is 1. The minimum absolute atomic E-state index is 0.154. The number of pyridine rings is 1. The van der Waals surface area contributed by atoms with Crippen LogP contribution < -0.4 is 0 Å². The normalized spacial score (nSPS) is 12.3. The van der Waals surface area contributed by atoms with Gasteiger partial charge in [-0.2, -0.15) is 0 Å². The average molecular weight is 364 g/mol. The number of nitrogens with zero attached hydrogens (tertiary/aromatic N) is 2. The van der Waals surface area contributed by atoms with Crippen molar-refractivity contribution in [3.63, 3.8) is 0 Å². The standard InChI is InChI=1S/C26H24N2/c1-17-15-22(18-9-11-19(12-10-18)26(2,3)4)24-23(16-17)20-7-5-6-8-21(20)25-27-13-14-28(24)25/h5-16H,1-4H3. The maximum absolute atomic E-state index is 4.66. The molecule has 5 rings (SSSR count). The molecule has 0 aliphatic heterocycles. The van der Waals surface area contributed by atoms with E-state index in [1.54, 1.807) is 0 Å². The molecule has 2 heteroatoms. The summed E-state index contributed by atoms with van der Waals surface area (Å²) in [6.07, 6.45) is 3.97. The Morgan fingerprint density at radius 2 is 1.54 bits per heavy atom. The van der Waals surface area contributed by atoms with E-state index < -0.39 is 0 Å². The quantitative estimate of drug-likeness (QED) is 0.295. The molecule has 2 nitrogen and oxygen atoms in total. The predicted octanol–water partition coefficient (Wildman–Crippen LogP) is 6.91. The van der Waals surface area contributed by atoms with Crippen molar-refractivity contribution in [3.05, 3.63) is 84.2 Å². The van der Waals surface area contributed by atoms with E-state index in [1.165, 1.54) is 43.9 Å². The number of rotatable bonds is 1. The van der Waals surface area contributed by atoms with E-state index in [1.807, 2.05) is 6.20 Å². The number of benzene rings is 3. The molecule has 3 aromatic carbocycles. The summed E-state index contributed by atoms with van der Waals surface area (Å²) in [5.41, 5.74) is 7.51. The summed E-state index contributed by atoms with van der Waals surface area (Å²) in [5, 5.41) is 3.73. The predicted molar refractivity (Wildman–Crippen MR) is 119 cm³/mol. The smallest absolute Gasteiger partial charge is 0.145 e. The van der Waals surface area contributed by atoms with E-state index in [4.69, 9.17) is 0 Å². The zero-order valence-electron chi connectivity index (χ0n) is 16.8. The van der Waals surface area contributed by atoms with E-state index in [9.17, 15) is 0 Å². The SMILES string of the molecule is Cc1cc(-c2ccc(C(C)(C)C)cc2)c2c(c1)c1ccccc1c1nccn12. The highest BCUT2D eigenvalue weighted by atomic mass is 15.0. The van der Waals surface area contributed by atoms with Crippen LogP contribution in [0.25, 0.3) is 38.4 Å². The van der Waals surface area contributed by atoms with Gasteiger partial charge in [0.1, 0.15) is 5.65 Å². The van der Waals surface area contributed by atoms with Gasteiger partial charge in [0, 0.05) is 28.7 Å². The molecule has 0 fully saturated rings. The second kappa shape index (κ2) is 5.93. The Morgan fingerprint density at radius 3 is 2.25 bits per heavy atom. The van der Waals surface area contributed by atoms with Gasteiger partial charge in [0.2, 0.25) is 0 Å². The lowest BCUT2D eigenvalue weighted by Gasteiger charge is -2.20. The molecular weight excluding hydrogens is 340 g/mol. The summed E-state index contributed by atoms with van der Waals surface area (Å²) in [6.45, 7) is 8.95. The summed E-state index contributed by atoms with van der Waals surface area (Å²) in [6, 6.07) is 22.2. The first-order valence-corrected chi connectivity index (χ1v) is 9.82. The third-order valence-electron chi connectivity index (χ3n) is 5.66. The first kappa shape index (κ1) is 17.0. The minimum Gasteiger partial charge on any atom is -0.299 e. The van der Waals surface area contributed by atoms with Crippen LogP contribution in [-0.2, 0) is 5.41 Å². The topological polar surface area (TPSA) is 17.3 Å².